The molecular weight excluding hydrogens is 281 g/mol. The highest BCUT2D eigenvalue weighted by Crippen LogP contribution is 2.19. The lowest BCUT2D eigenvalue weighted by Gasteiger charge is -2.25. The maximum absolute atomic E-state index is 13.6. The van der Waals surface area contributed by atoms with Crippen LogP contribution in [0.15, 0.2) is 12.1 Å². The monoisotopic (exact) mass is 300 g/mol. The molecular formula is C15H19F3N2O. The third kappa shape index (κ3) is 3.75. The van der Waals surface area contributed by atoms with E-state index in [9.17, 15) is 18.0 Å². The first kappa shape index (κ1) is 15.8. The summed E-state index contributed by atoms with van der Waals surface area (Å²) in [6.07, 6.45) is 2.94. The van der Waals surface area contributed by atoms with Crippen LogP contribution in [0.5, 0.6) is 0 Å². The van der Waals surface area contributed by atoms with Crippen LogP contribution in [0.4, 0.5) is 13.2 Å². The molecule has 0 aliphatic carbocycles. The molecule has 1 aliphatic rings. The lowest BCUT2D eigenvalue weighted by molar-refractivity contribution is 0.0778. The van der Waals surface area contributed by atoms with Crippen molar-refractivity contribution < 1.29 is 18.0 Å². The van der Waals surface area contributed by atoms with Crippen LogP contribution < -0.4 is 5.32 Å². The van der Waals surface area contributed by atoms with E-state index in [-0.39, 0.29) is 0 Å². The zero-order valence-electron chi connectivity index (χ0n) is 12.0. The molecule has 1 saturated heterocycles. The van der Waals surface area contributed by atoms with E-state index in [0.717, 1.165) is 44.5 Å². The van der Waals surface area contributed by atoms with Crippen LogP contribution in [-0.2, 0) is 0 Å². The summed E-state index contributed by atoms with van der Waals surface area (Å²) < 4.78 is 39.6. The summed E-state index contributed by atoms with van der Waals surface area (Å²) in [5.74, 6) is -4.40. The second-order valence-electron chi connectivity index (χ2n) is 5.43. The van der Waals surface area contributed by atoms with Crippen LogP contribution in [0, 0.1) is 23.4 Å². The van der Waals surface area contributed by atoms with Crippen molar-refractivity contribution >= 4 is 5.91 Å². The average molecular weight is 300 g/mol. The molecule has 1 aliphatic heterocycles. The molecule has 21 heavy (non-hydrogen) atoms. The first-order valence-electron chi connectivity index (χ1n) is 7.10. The normalized spacial score (nSPS) is 16.0. The number of hydrogen-bond donors (Lipinski definition) is 1. The Kier molecular flexibility index (Phi) is 5.22. The third-order valence-corrected chi connectivity index (χ3v) is 3.94. The summed E-state index contributed by atoms with van der Waals surface area (Å²) >= 11 is 0. The van der Waals surface area contributed by atoms with Crippen LogP contribution in [0.25, 0.3) is 0 Å². The molecule has 0 unspecified atom stereocenters. The highest BCUT2D eigenvalue weighted by atomic mass is 19.2. The smallest absolute Gasteiger partial charge is 0.256 e. The van der Waals surface area contributed by atoms with E-state index in [0.29, 0.717) is 12.5 Å². The molecule has 6 heteroatoms. The molecule has 1 aromatic carbocycles. The molecule has 0 aromatic heterocycles. The van der Waals surface area contributed by atoms with Crippen LogP contribution in [0.1, 0.15) is 29.6 Å². The van der Waals surface area contributed by atoms with Crippen LogP contribution >= 0.6 is 0 Å². The van der Waals surface area contributed by atoms with Crippen LogP contribution in [0.2, 0.25) is 0 Å². The van der Waals surface area contributed by atoms with Gasteiger partial charge in [-0.3, -0.25) is 4.79 Å². The topological polar surface area (TPSA) is 32.3 Å². The standard InChI is InChI=1S/C15H19F3N2O/c1-20(9-6-10-4-7-19-8-5-10)15(21)11-2-3-12(16)14(18)13(11)17/h2-3,10,19H,4-9H2,1H3. The average Bonchev–Trinajstić information content (AvgIpc) is 2.51. The van der Waals surface area contributed by atoms with Crippen molar-refractivity contribution in [2.75, 3.05) is 26.7 Å². The summed E-state index contributed by atoms with van der Waals surface area (Å²) in [6, 6.07) is 1.75. The van der Waals surface area contributed by atoms with E-state index in [1.54, 1.807) is 7.05 Å². The second kappa shape index (κ2) is 6.93. The van der Waals surface area contributed by atoms with E-state index in [1.165, 1.54) is 4.90 Å². The van der Waals surface area contributed by atoms with Crippen molar-refractivity contribution in [2.24, 2.45) is 5.92 Å². The Balaban J connectivity index is 1.97. The number of halogens is 3. The Labute approximate surface area is 122 Å². The van der Waals surface area contributed by atoms with Gasteiger partial charge >= 0.3 is 0 Å². The van der Waals surface area contributed by atoms with E-state index in [2.05, 4.69) is 5.32 Å². The fourth-order valence-electron chi connectivity index (χ4n) is 2.54. The molecule has 2 rings (SSSR count). The number of nitrogens with zero attached hydrogens (tertiary/aromatic N) is 1. The second-order valence-corrected chi connectivity index (χ2v) is 5.43. The molecule has 3 nitrogen and oxygen atoms in total. The Morgan fingerprint density at radius 2 is 1.90 bits per heavy atom. The minimum absolute atomic E-state index is 0.429. The molecule has 1 fully saturated rings. The Hall–Kier alpha value is -1.56. The van der Waals surface area contributed by atoms with Gasteiger partial charge in [-0.2, -0.15) is 0 Å². The lowest BCUT2D eigenvalue weighted by atomic mass is 9.94. The largest absolute Gasteiger partial charge is 0.342 e. The molecule has 1 N–H and O–H groups in total. The molecule has 0 saturated carbocycles. The summed E-state index contributed by atoms with van der Waals surface area (Å²) in [4.78, 5) is 13.4. The quantitative estimate of drug-likeness (QED) is 0.867. The third-order valence-electron chi connectivity index (χ3n) is 3.94. The van der Waals surface area contributed by atoms with Gasteiger partial charge in [-0.05, 0) is 50.4 Å². The highest BCUT2D eigenvalue weighted by Gasteiger charge is 2.22. The first-order valence-corrected chi connectivity index (χ1v) is 7.10. The Morgan fingerprint density at radius 3 is 2.57 bits per heavy atom. The number of piperidine rings is 1. The van der Waals surface area contributed by atoms with E-state index in [4.69, 9.17) is 0 Å². The van der Waals surface area contributed by atoms with Crippen LogP contribution in [-0.4, -0.2) is 37.5 Å². The number of rotatable bonds is 4. The van der Waals surface area contributed by atoms with E-state index < -0.39 is 28.9 Å². The first-order chi connectivity index (χ1) is 10.0. The Bertz CT molecular complexity index is 516. The lowest BCUT2D eigenvalue weighted by Crippen LogP contribution is -2.33. The predicted molar refractivity (Wildman–Crippen MR) is 73.5 cm³/mol. The summed E-state index contributed by atoms with van der Waals surface area (Å²) in [5.41, 5.74) is -0.429. The number of hydrogen-bond acceptors (Lipinski definition) is 2. The summed E-state index contributed by atoms with van der Waals surface area (Å²) in [7, 11) is 1.55. The van der Waals surface area contributed by atoms with Gasteiger partial charge in [0.2, 0.25) is 0 Å². The van der Waals surface area contributed by atoms with Crippen molar-refractivity contribution in [3.63, 3.8) is 0 Å². The summed E-state index contributed by atoms with van der Waals surface area (Å²) in [5, 5.41) is 3.26. The molecule has 1 aromatic rings. The van der Waals surface area contributed by atoms with Crippen molar-refractivity contribution in [1.29, 1.82) is 0 Å². The maximum atomic E-state index is 13.6. The molecule has 0 radical (unpaired) electrons. The van der Waals surface area contributed by atoms with E-state index >= 15 is 0 Å². The molecule has 0 atom stereocenters. The summed E-state index contributed by atoms with van der Waals surface area (Å²) in [6.45, 7) is 2.42. The minimum Gasteiger partial charge on any atom is -0.342 e. The molecule has 0 bridgehead atoms. The molecule has 1 heterocycles. The number of nitrogens with one attached hydrogen (secondary N) is 1. The van der Waals surface area contributed by atoms with Crippen molar-refractivity contribution in [2.45, 2.75) is 19.3 Å². The minimum atomic E-state index is -1.60. The van der Waals surface area contributed by atoms with Gasteiger partial charge in [-0.25, -0.2) is 13.2 Å². The molecule has 116 valence electrons. The van der Waals surface area contributed by atoms with Gasteiger partial charge in [0.05, 0.1) is 5.56 Å². The van der Waals surface area contributed by atoms with Gasteiger partial charge in [-0.15, -0.1) is 0 Å². The SMILES string of the molecule is CN(CCC1CCNCC1)C(=O)c1ccc(F)c(F)c1F. The zero-order valence-corrected chi connectivity index (χ0v) is 12.0. The van der Waals surface area contributed by atoms with Crippen LogP contribution in [0.3, 0.4) is 0 Å². The van der Waals surface area contributed by atoms with Crippen molar-refractivity contribution in [1.82, 2.24) is 10.2 Å². The van der Waals surface area contributed by atoms with Gasteiger partial charge < -0.3 is 10.2 Å². The van der Waals surface area contributed by atoms with Crippen molar-refractivity contribution in [3.8, 4) is 0 Å². The van der Waals surface area contributed by atoms with Gasteiger partial charge in [0.15, 0.2) is 17.5 Å². The van der Waals surface area contributed by atoms with Gasteiger partial charge in [-0.1, -0.05) is 0 Å². The highest BCUT2D eigenvalue weighted by molar-refractivity contribution is 5.94. The van der Waals surface area contributed by atoms with Gasteiger partial charge in [0.25, 0.3) is 5.91 Å². The fourth-order valence-corrected chi connectivity index (χ4v) is 2.54. The predicted octanol–water partition coefficient (Wildman–Crippen LogP) is 2.57. The molecule has 0 spiro atoms. The zero-order chi connectivity index (χ0) is 15.4. The number of benzene rings is 1. The fraction of sp³-hybridized carbons (Fsp3) is 0.533. The van der Waals surface area contributed by atoms with Gasteiger partial charge in [0, 0.05) is 13.6 Å². The Morgan fingerprint density at radius 1 is 1.24 bits per heavy atom. The maximum Gasteiger partial charge on any atom is 0.256 e. The number of amides is 1. The number of carbonyl (C=O) groups excluding carboxylic acids is 1. The van der Waals surface area contributed by atoms with Gasteiger partial charge in [0.1, 0.15) is 0 Å². The molecule has 1 amide bonds. The van der Waals surface area contributed by atoms with E-state index in [1.807, 2.05) is 0 Å². The van der Waals surface area contributed by atoms with Crippen molar-refractivity contribution in [3.05, 3.63) is 35.1 Å². The number of carbonyl (C=O) groups is 1.